The van der Waals surface area contributed by atoms with Crippen LogP contribution in [0.15, 0.2) is 89.5 Å². The molecule has 2 aromatic carbocycles. The maximum absolute atomic E-state index is 14.8. The molecular weight excluding hydrogens is 349 g/mol. The minimum Gasteiger partial charge on any atom is -0.265 e. The molecule has 0 N–H and O–H groups in total. The molecule has 0 saturated heterocycles. The molecule has 0 amide bonds. The van der Waals surface area contributed by atoms with Crippen molar-refractivity contribution in [3.63, 3.8) is 0 Å². The zero-order valence-electron chi connectivity index (χ0n) is 15.8. The Balaban J connectivity index is 1.67. The van der Waals surface area contributed by atoms with E-state index in [1.165, 1.54) is 17.2 Å². The summed E-state index contributed by atoms with van der Waals surface area (Å²) in [7, 11) is 0. The van der Waals surface area contributed by atoms with Gasteiger partial charge in [0.25, 0.3) is 0 Å². The molecule has 1 unspecified atom stereocenters. The Labute approximate surface area is 164 Å². The standard InChI is InChI=1S/C24H22FN3/c1-18-8-10-19(11-9-18)5-4-14-24(21-6-2-3-7-23(21)25)22(17-27-28-24)20-12-15-26-16-13-20/h2-3,6-13,15-17H,4-5,14H2,1H3. The van der Waals surface area contributed by atoms with Gasteiger partial charge in [-0.1, -0.05) is 48.0 Å². The second-order valence-corrected chi connectivity index (χ2v) is 7.17. The van der Waals surface area contributed by atoms with Gasteiger partial charge in [-0.3, -0.25) is 4.98 Å². The molecule has 3 nitrogen and oxygen atoms in total. The van der Waals surface area contributed by atoms with Gasteiger partial charge in [0.2, 0.25) is 0 Å². The smallest absolute Gasteiger partial charge is 0.137 e. The van der Waals surface area contributed by atoms with Crippen LogP contribution in [0.2, 0.25) is 0 Å². The molecule has 140 valence electrons. The third-order valence-corrected chi connectivity index (χ3v) is 5.30. The van der Waals surface area contributed by atoms with Crippen molar-refractivity contribution < 1.29 is 4.39 Å². The summed E-state index contributed by atoms with van der Waals surface area (Å²) in [5.41, 5.74) is 4.18. The molecule has 0 bridgehead atoms. The molecule has 0 saturated carbocycles. The summed E-state index contributed by atoms with van der Waals surface area (Å²) >= 11 is 0. The van der Waals surface area contributed by atoms with Crippen molar-refractivity contribution in [3.05, 3.63) is 107 Å². The molecule has 3 aromatic rings. The lowest BCUT2D eigenvalue weighted by Gasteiger charge is -2.29. The van der Waals surface area contributed by atoms with Gasteiger partial charge in [-0.15, -0.1) is 0 Å². The Kier molecular flexibility index (Phi) is 5.11. The van der Waals surface area contributed by atoms with Gasteiger partial charge in [-0.05, 0) is 55.5 Å². The first-order valence-electron chi connectivity index (χ1n) is 9.53. The number of benzene rings is 2. The summed E-state index contributed by atoms with van der Waals surface area (Å²) in [6, 6.07) is 19.3. The fourth-order valence-electron chi connectivity index (χ4n) is 3.81. The highest BCUT2D eigenvalue weighted by Crippen LogP contribution is 2.47. The fourth-order valence-corrected chi connectivity index (χ4v) is 3.81. The Morgan fingerprint density at radius 1 is 0.929 bits per heavy atom. The molecule has 0 fully saturated rings. The van der Waals surface area contributed by atoms with E-state index in [9.17, 15) is 4.39 Å². The molecule has 28 heavy (non-hydrogen) atoms. The number of pyridine rings is 1. The average Bonchev–Trinajstić information content (AvgIpc) is 3.15. The van der Waals surface area contributed by atoms with Crippen LogP contribution in [0.4, 0.5) is 4.39 Å². The lowest BCUT2D eigenvalue weighted by Crippen LogP contribution is -2.25. The van der Waals surface area contributed by atoms with Crippen LogP contribution in [-0.2, 0) is 12.0 Å². The van der Waals surface area contributed by atoms with Gasteiger partial charge in [-0.2, -0.15) is 10.2 Å². The van der Waals surface area contributed by atoms with Crippen LogP contribution in [-0.4, -0.2) is 4.98 Å². The maximum Gasteiger partial charge on any atom is 0.137 e. The van der Waals surface area contributed by atoms with E-state index in [-0.39, 0.29) is 5.82 Å². The number of nitrogens with zero attached hydrogens (tertiary/aromatic N) is 3. The number of halogens is 1. The van der Waals surface area contributed by atoms with Crippen LogP contribution in [0.3, 0.4) is 0 Å². The predicted molar refractivity (Wildman–Crippen MR) is 109 cm³/mol. The van der Waals surface area contributed by atoms with Gasteiger partial charge in [0.05, 0.1) is 6.20 Å². The lowest BCUT2D eigenvalue weighted by atomic mass is 9.77. The Bertz CT molecular complexity index is 1010. The van der Waals surface area contributed by atoms with Crippen LogP contribution < -0.4 is 0 Å². The normalized spacial score (nSPS) is 18.3. The van der Waals surface area contributed by atoms with Gasteiger partial charge in [0, 0.05) is 23.5 Å². The minimum atomic E-state index is -0.808. The topological polar surface area (TPSA) is 37.6 Å². The van der Waals surface area contributed by atoms with Gasteiger partial charge in [-0.25, -0.2) is 4.39 Å². The van der Waals surface area contributed by atoms with Crippen molar-refractivity contribution in [3.8, 4) is 0 Å². The van der Waals surface area contributed by atoms with Crippen molar-refractivity contribution in [2.75, 3.05) is 0 Å². The second kappa shape index (κ2) is 7.85. The van der Waals surface area contributed by atoms with Crippen LogP contribution in [0, 0.1) is 12.7 Å². The van der Waals surface area contributed by atoms with Crippen molar-refractivity contribution in [1.29, 1.82) is 0 Å². The Morgan fingerprint density at radius 3 is 2.43 bits per heavy atom. The first-order valence-corrected chi connectivity index (χ1v) is 9.53. The van der Waals surface area contributed by atoms with E-state index in [0.717, 1.165) is 24.0 Å². The highest BCUT2D eigenvalue weighted by molar-refractivity contribution is 5.76. The maximum atomic E-state index is 14.8. The van der Waals surface area contributed by atoms with E-state index in [0.29, 0.717) is 12.0 Å². The molecule has 1 atom stereocenters. The number of hydrogen-bond acceptors (Lipinski definition) is 3. The number of aryl methyl sites for hydroxylation is 2. The monoisotopic (exact) mass is 371 g/mol. The molecule has 0 spiro atoms. The van der Waals surface area contributed by atoms with Gasteiger partial charge < -0.3 is 0 Å². The largest absolute Gasteiger partial charge is 0.265 e. The minimum absolute atomic E-state index is 0.251. The number of hydrogen-bond donors (Lipinski definition) is 0. The first kappa shape index (κ1) is 18.2. The van der Waals surface area contributed by atoms with E-state index in [1.54, 1.807) is 24.7 Å². The molecule has 1 aliphatic rings. The number of rotatable bonds is 6. The predicted octanol–water partition coefficient (Wildman–Crippen LogP) is 6.25. The second-order valence-electron chi connectivity index (χ2n) is 7.17. The summed E-state index contributed by atoms with van der Waals surface area (Å²) in [5, 5.41) is 8.80. The molecule has 4 heteroatoms. The molecule has 1 aliphatic heterocycles. The fraction of sp³-hybridized carbons (Fsp3) is 0.208. The summed E-state index contributed by atoms with van der Waals surface area (Å²) in [6.07, 6.45) is 7.71. The molecule has 0 aliphatic carbocycles. The van der Waals surface area contributed by atoms with Crippen LogP contribution >= 0.6 is 0 Å². The zero-order valence-corrected chi connectivity index (χ0v) is 15.8. The molecule has 0 radical (unpaired) electrons. The van der Waals surface area contributed by atoms with E-state index in [2.05, 4.69) is 46.4 Å². The summed E-state index contributed by atoms with van der Waals surface area (Å²) < 4.78 is 14.8. The van der Waals surface area contributed by atoms with Crippen molar-refractivity contribution in [1.82, 2.24) is 4.98 Å². The molecule has 2 heterocycles. The van der Waals surface area contributed by atoms with Gasteiger partial charge in [0.15, 0.2) is 0 Å². The van der Waals surface area contributed by atoms with E-state index in [4.69, 9.17) is 0 Å². The summed E-state index contributed by atoms with van der Waals surface area (Å²) in [6.45, 7) is 2.08. The van der Waals surface area contributed by atoms with E-state index < -0.39 is 5.54 Å². The van der Waals surface area contributed by atoms with E-state index >= 15 is 0 Å². The zero-order chi connectivity index (χ0) is 19.4. The first-order chi connectivity index (χ1) is 13.7. The van der Waals surface area contributed by atoms with Crippen molar-refractivity contribution in [2.45, 2.75) is 31.7 Å². The highest BCUT2D eigenvalue weighted by atomic mass is 19.1. The van der Waals surface area contributed by atoms with Crippen LogP contribution in [0.25, 0.3) is 5.57 Å². The van der Waals surface area contributed by atoms with Gasteiger partial charge >= 0.3 is 0 Å². The molecular formula is C24H22FN3. The van der Waals surface area contributed by atoms with Crippen LogP contribution in [0.1, 0.15) is 35.1 Å². The summed E-state index contributed by atoms with van der Waals surface area (Å²) in [5.74, 6) is -0.251. The SMILES string of the molecule is Cc1ccc(CCCC2(c3ccccc3F)N=NC=C2c2ccncc2)cc1. The van der Waals surface area contributed by atoms with Crippen molar-refractivity contribution >= 4 is 5.57 Å². The third kappa shape index (κ3) is 3.50. The Morgan fingerprint density at radius 2 is 1.68 bits per heavy atom. The molecule has 4 rings (SSSR count). The average molecular weight is 371 g/mol. The highest BCUT2D eigenvalue weighted by Gasteiger charge is 2.41. The third-order valence-electron chi connectivity index (χ3n) is 5.30. The number of azo groups is 1. The van der Waals surface area contributed by atoms with Gasteiger partial charge in [0.1, 0.15) is 11.4 Å². The quantitative estimate of drug-likeness (QED) is 0.504. The summed E-state index contributed by atoms with van der Waals surface area (Å²) in [4.78, 5) is 4.10. The number of aromatic nitrogens is 1. The Hall–Kier alpha value is -3.14. The van der Waals surface area contributed by atoms with Crippen LogP contribution in [0.5, 0.6) is 0 Å². The lowest BCUT2D eigenvalue weighted by molar-refractivity contribution is 0.470. The van der Waals surface area contributed by atoms with Crippen molar-refractivity contribution in [2.24, 2.45) is 10.2 Å². The van der Waals surface area contributed by atoms with E-state index in [1.807, 2.05) is 24.3 Å². The molecule has 1 aromatic heterocycles.